The summed E-state index contributed by atoms with van der Waals surface area (Å²) in [5.41, 5.74) is 0. The molecule has 0 aromatic rings. The second-order valence-electron chi connectivity index (χ2n) is 1.42. The highest BCUT2D eigenvalue weighted by Gasteiger charge is 2.10. The Labute approximate surface area is 52.2 Å². The van der Waals surface area contributed by atoms with Crippen LogP contribution in [-0.4, -0.2) is 28.9 Å². The largest absolute Gasteiger partial charge is 0.347 e. The molecule has 53 valence electrons. The molecule has 0 unspecified atom stereocenters. The van der Waals surface area contributed by atoms with Crippen LogP contribution in [0.4, 0.5) is 0 Å². The minimum atomic E-state index is -3.94. The van der Waals surface area contributed by atoms with E-state index in [0.717, 1.165) is 0 Å². The van der Waals surface area contributed by atoms with Crippen LogP contribution in [0.1, 0.15) is 0 Å². The monoisotopic (exact) mass is 152 g/mol. The van der Waals surface area contributed by atoms with E-state index < -0.39 is 7.60 Å². The predicted octanol–water partition coefficient (Wildman–Crippen LogP) is -1.18. The van der Waals surface area contributed by atoms with Gasteiger partial charge in [-0.3, -0.25) is 9.36 Å². The minimum Gasteiger partial charge on any atom is -0.347 e. The van der Waals surface area contributed by atoms with Gasteiger partial charge in [-0.1, -0.05) is 0 Å². The first-order valence-corrected chi connectivity index (χ1v) is 4.00. The summed E-state index contributed by atoms with van der Waals surface area (Å²) in [6, 6.07) is 0. The Kier molecular flexibility index (Phi) is 3.46. The summed E-state index contributed by atoms with van der Waals surface area (Å²) in [6.07, 6.45) is 0.966. The molecule has 0 atom stereocenters. The molecular weight excluding hydrogens is 145 g/mol. The maximum Gasteiger partial charge on any atom is 0.327 e. The van der Waals surface area contributed by atoms with E-state index >= 15 is 0 Å². The average molecular weight is 152 g/mol. The third-order valence-corrected chi connectivity index (χ3v) is 1.41. The van der Waals surface area contributed by atoms with Crippen molar-refractivity contribution in [2.45, 2.75) is 0 Å². The zero-order valence-corrected chi connectivity index (χ0v) is 5.47. The molecule has 0 saturated carbocycles. The summed E-state index contributed by atoms with van der Waals surface area (Å²) in [5.74, 6) is 0. The molecular formula is C3H7NO4P. The van der Waals surface area contributed by atoms with Crippen LogP contribution in [-0.2, 0) is 9.36 Å². The molecule has 0 heterocycles. The number of hydrogen-bond donors (Lipinski definition) is 3. The molecule has 0 saturated heterocycles. The third kappa shape index (κ3) is 7.62. The molecule has 0 aromatic carbocycles. The molecule has 0 spiro atoms. The van der Waals surface area contributed by atoms with Crippen LogP contribution < -0.4 is 5.32 Å². The SMILES string of the molecule is O=[C]NCCP(=O)(O)O. The molecule has 0 aliphatic rings. The van der Waals surface area contributed by atoms with Gasteiger partial charge in [-0.05, 0) is 0 Å². The van der Waals surface area contributed by atoms with E-state index in [1.807, 2.05) is 5.32 Å². The molecule has 0 bridgehead atoms. The standard InChI is InChI=1S/C3H7NO4P/c5-3-4-1-2-9(6,7)8/h1-2H2,(H,4,5)(H2,6,7,8). The number of hydrogen-bond acceptors (Lipinski definition) is 2. The average Bonchev–Trinajstić information content (AvgIpc) is 1.63. The Hall–Kier alpha value is -0.380. The van der Waals surface area contributed by atoms with Gasteiger partial charge in [-0.2, -0.15) is 0 Å². The number of nitrogens with one attached hydrogen (secondary N) is 1. The molecule has 1 radical (unpaired) electrons. The van der Waals surface area contributed by atoms with Gasteiger partial charge in [0, 0.05) is 6.54 Å². The van der Waals surface area contributed by atoms with Gasteiger partial charge in [-0.15, -0.1) is 0 Å². The summed E-state index contributed by atoms with van der Waals surface area (Å²) in [5, 5.41) is 2.01. The summed E-state index contributed by atoms with van der Waals surface area (Å²) >= 11 is 0. The van der Waals surface area contributed by atoms with Crippen LogP contribution in [0, 0.1) is 0 Å². The molecule has 0 aromatic heterocycles. The lowest BCUT2D eigenvalue weighted by Gasteiger charge is -1.99. The summed E-state index contributed by atoms with van der Waals surface area (Å²) < 4.78 is 10.0. The Morgan fingerprint density at radius 3 is 2.44 bits per heavy atom. The molecule has 6 heteroatoms. The van der Waals surface area contributed by atoms with Crippen LogP contribution in [0.15, 0.2) is 0 Å². The summed E-state index contributed by atoms with van der Waals surface area (Å²) in [7, 11) is -3.94. The number of carbonyl (C=O) groups excluding carboxylic acids is 1. The van der Waals surface area contributed by atoms with Crippen LogP contribution in [0.3, 0.4) is 0 Å². The first-order chi connectivity index (χ1) is 4.06. The normalized spacial score (nSPS) is 10.9. The Bertz CT molecular complexity index is 130. The van der Waals surface area contributed by atoms with Crippen LogP contribution in [0.25, 0.3) is 0 Å². The fourth-order valence-electron chi connectivity index (χ4n) is 0.253. The lowest BCUT2D eigenvalue weighted by atomic mass is 10.8. The maximum absolute atomic E-state index is 10.0. The van der Waals surface area contributed by atoms with Crippen LogP contribution in [0.2, 0.25) is 0 Å². The Balaban J connectivity index is 3.28. The van der Waals surface area contributed by atoms with Crippen molar-refractivity contribution >= 4 is 14.0 Å². The molecule has 1 amide bonds. The van der Waals surface area contributed by atoms with Gasteiger partial charge < -0.3 is 15.1 Å². The lowest BCUT2D eigenvalue weighted by molar-refractivity contribution is 0.373. The quantitative estimate of drug-likeness (QED) is 0.269. The molecule has 3 N–H and O–H groups in total. The fraction of sp³-hybridized carbons (Fsp3) is 0.667. The second-order valence-corrected chi connectivity index (χ2v) is 3.19. The van der Waals surface area contributed by atoms with E-state index in [-0.39, 0.29) is 12.7 Å². The Morgan fingerprint density at radius 1 is 1.56 bits per heavy atom. The molecule has 0 aliphatic heterocycles. The van der Waals surface area contributed by atoms with E-state index in [1.54, 1.807) is 0 Å². The minimum absolute atomic E-state index is 0.0340. The van der Waals surface area contributed by atoms with Crippen molar-refractivity contribution in [3.8, 4) is 0 Å². The topological polar surface area (TPSA) is 86.6 Å². The first-order valence-electron chi connectivity index (χ1n) is 2.21. The van der Waals surface area contributed by atoms with Crippen LogP contribution >= 0.6 is 7.60 Å². The van der Waals surface area contributed by atoms with Crippen LogP contribution in [0.5, 0.6) is 0 Å². The van der Waals surface area contributed by atoms with Crippen molar-refractivity contribution in [3.05, 3.63) is 0 Å². The first kappa shape index (κ1) is 8.62. The third-order valence-electron chi connectivity index (χ3n) is 0.600. The van der Waals surface area contributed by atoms with E-state index in [0.29, 0.717) is 0 Å². The maximum atomic E-state index is 10.0. The summed E-state index contributed by atoms with van der Waals surface area (Å²) in [4.78, 5) is 25.8. The van der Waals surface area contributed by atoms with E-state index in [9.17, 15) is 9.36 Å². The zero-order chi connectivity index (χ0) is 7.33. The van der Waals surface area contributed by atoms with Crippen molar-refractivity contribution in [2.75, 3.05) is 12.7 Å². The molecule has 0 fully saturated rings. The van der Waals surface area contributed by atoms with Crippen molar-refractivity contribution in [2.24, 2.45) is 0 Å². The second kappa shape index (κ2) is 3.61. The highest BCUT2D eigenvalue weighted by molar-refractivity contribution is 7.51. The van der Waals surface area contributed by atoms with Gasteiger partial charge in [-0.25, -0.2) is 0 Å². The number of rotatable bonds is 4. The summed E-state index contributed by atoms with van der Waals surface area (Å²) in [6.45, 7) is -0.0340. The van der Waals surface area contributed by atoms with Gasteiger partial charge in [0.05, 0.1) is 6.16 Å². The molecule has 0 rings (SSSR count). The van der Waals surface area contributed by atoms with E-state index in [2.05, 4.69) is 0 Å². The predicted molar refractivity (Wildman–Crippen MR) is 30.6 cm³/mol. The molecule has 5 nitrogen and oxygen atoms in total. The molecule has 9 heavy (non-hydrogen) atoms. The van der Waals surface area contributed by atoms with Crippen molar-refractivity contribution in [1.29, 1.82) is 0 Å². The number of amides is 1. The smallest absolute Gasteiger partial charge is 0.327 e. The van der Waals surface area contributed by atoms with Gasteiger partial charge in [0.1, 0.15) is 0 Å². The molecule has 0 aliphatic carbocycles. The van der Waals surface area contributed by atoms with Gasteiger partial charge >= 0.3 is 14.0 Å². The van der Waals surface area contributed by atoms with E-state index in [4.69, 9.17) is 9.79 Å². The highest BCUT2D eigenvalue weighted by atomic mass is 31.2. The van der Waals surface area contributed by atoms with Crippen molar-refractivity contribution in [3.63, 3.8) is 0 Å². The van der Waals surface area contributed by atoms with Gasteiger partial charge in [0.25, 0.3) is 0 Å². The fourth-order valence-corrected chi connectivity index (χ4v) is 0.656. The highest BCUT2D eigenvalue weighted by Crippen LogP contribution is 2.32. The Morgan fingerprint density at radius 2 is 2.11 bits per heavy atom. The lowest BCUT2D eigenvalue weighted by Crippen LogP contribution is -2.15. The van der Waals surface area contributed by atoms with Crippen molar-refractivity contribution < 1.29 is 19.1 Å². The van der Waals surface area contributed by atoms with E-state index in [1.165, 1.54) is 6.41 Å². The van der Waals surface area contributed by atoms with Gasteiger partial charge in [0.15, 0.2) is 0 Å². The zero-order valence-electron chi connectivity index (χ0n) is 4.57. The van der Waals surface area contributed by atoms with Gasteiger partial charge in [0.2, 0.25) is 0 Å². The van der Waals surface area contributed by atoms with Crippen molar-refractivity contribution in [1.82, 2.24) is 5.32 Å².